The first-order valence-corrected chi connectivity index (χ1v) is 6.57. The number of nitrogens with zero attached hydrogens (tertiary/aromatic N) is 2. The average Bonchev–Trinajstić information content (AvgIpc) is 2.46. The van der Waals surface area contributed by atoms with Crippen molar-refractivity contribution >= 4 is 11.6 Å². The monoisotopic (exact) mass is 265 g/mol. The third kappa shape index (κ3) is 3.92. The summed E-state index contributed by atoms with van der Waals surface area (Å²) in [5, 5.41) is 3.03. The number of pyridine rings is 1. The molecule has 0 aliphatic rings. The molecule has 0 saturated heterocycles. The van der Waals surface area contributed by atoms with Crippen LogP contribution in [0, 0.1) is 0 Å². The van der Waals surface area contributed by atoms with Crippen molar-refractivity contribution in [2.24, 2.45) is 0 Å². The van der Waals surface area contributed by atoms with E-state index in [4.69, 9.17) is 4.74 Å². The van der Waals surface area contributed by atoms with Gasteiger partial charge in [0, 0.05) is 44.8 Å². The topological polar surface area (TPSA) is 54.5 Å². The van der Waals surface area contributed by atoms with Gasteiger partial charge in [-0.25, -0.2) is 0 Å². The number of aromatic nitrogens is 1. The first kappa shape index (κ1) is 15.4. The summed E-state index contributed by atoms with van der Waals surface area (Å²) in [6, 6.07) is 1.98. The SMILES string of the molecule is CCC(C)N(CCOC)C(=O)c1cnccc1NC. The second-order valence-electron chi connectivity index (χ2n) is 4.42. The number of nitrogens with one attached hydrogen (secondary N) is 1. The number of ether oxygens (including phenoxy) is 1. The Balaban J connectivity index is 2.97. The van der Waals surface area contributed by atoms with E-state index in [2.05, 4.69) is 17.2 Å². The number of hydrogen-bond donors (Lipinski definition) is 1. The summed E-state index contributed by atoms with van der Waals surface area (Å²) < 4.78 is 5.08. The van der Waals surface area contributed by atoms with E-state index in [9.17, 15) is 4.79 Å². The molecule has 0 aromatic carbocycles. The lowest BCUT2D eigenvalue weighted by molar-refractivity contribution is 0.0614. The van der Waals surface area contributed by atoms with Gasteiger partial charge in [-0.1, -0.05) is 6.92 Å². The Morgan fingerprint density at radius 1 is 1.58 bits per heavy atom. The molecule has 5 heteroatoms. The summed E-state index contributed by atoms with van der Waals surface area (Å²) in [5.41, 5.74) is 1.40. The van der Waals surface area contributed by atoms with Gasteiger partial charge in [-0.15, -0.1) is 0 Å². The Labute approximate surface area is 115 Å². The van der Waals surface area contributed by atoms with Gasteiger partial charge >= 0.3 is 0 Å². The third-order valence-corrected chi connectivity index (χ3v) is 3.24. The summed E-state index contributed by atoms with van der Waals surface area (Å²) in [4.78, 5) is 18.5. The van der Waals surface area contributed by atoms with Crippen LogP contribution >= 0.6 is 0 Å². The average molecular weight is 265 g/mol. The van der Waals surface area contributed by atoms with Crippen LogP contribution in [-0.2, 0) is 4.74 Å². The molecule has 1 atom stereocenters. The molecule has 0 saturated carbocycles. The number of hydrogen-bond acceptors (Lipinski definition) is 4. The predicted molar refractivity (Wildman–Crippen MR) is 76.4 cm³/mol. The van der Waals surface area contributed by atoms with Gasteiger partial charge in [0.15, 0.2) is 0 Å². The number of carbonyl (C=O) groups is 1. The van der Waals surface area contributed by atoms with Crippen LogP contribution in [0.1, 0.15) is 30.6 Å². The van der Waals surface area contributed by atoms with Crippen molar-refractivity contribution in [3.05, 3.63) is 24.0 Å². The fourth-order valence-corrected chi connectivity index (χ4v) is 1.87. The molecule has 0 bridgehead atoms. The molecule has 19 heavy (non-hydrogen) atoms. The molecule has 0 radical (unpaired) electrons. The highest BCUT2D eigenvalue weighted by atomic mass is 16.5. The molecule has 1 aromatic heterocycles. The molecule has 1 N–H and O–H groups in total. The minimum Gasteiger partial charge on any atom is -0.387 e. The van der Waals surface area contributed by atoms with E-state index in [0.717, 1.165) is 12.1 Å². The number of amides is 1. The summed E-state index contributed by atoms with van der Waals surface area (Å²) in [7, 11) is 3.44. The van der Waals surface area contributed by atoms with E-state index in [1.54, 1.807) is 32.6 Å². The number of methoxy groups -OCH3 is 1. The Morgan fingerprint density at radius 2 is 2.32 bits per heavy atom. The van der Waals surface area contributed by atoms with Crippen molar-refractivity contribution < 1.29 is 9.53 Å². The summed E-state index contributed by atoms with van der Waals surface area (Å²) >= 11 is 0. The second kappa shape index (κ2) is 7.74. The van der Waals surface area contributed by atoms with Crippen molar-refractivity contribution in [1.82, 2.24) is 9.88 Å². The maximum atomic E-state index is 12.6. The second-order valence-corrected chi connectivity index (χ2v) is 4.42. The molecule has 0 aliphatic carbocycles. The molecule has 5 nitrogen and oxygen atoms in total. The number of carbonyl (C=O) groups excluding carboxylic acids is 1. The lowest BCUT2D eigenvalue weighted by Gasteiger charge is -2.29. The molecule has 1 rings (SSSR count). The van der Waals surface area contributed by atoms with Crippen LogP contribution in [0.25, 0.3) is 0 Å². The maximum absolute atomic E-state index is 12.6. The predicted octanol–water partition coefficient (Wildman–Crippen LogP) is 2.01. The zero-order valence-electron chi connectivity index (χ0n) is 12.1. The molecule has 106 valence electrons. The van der Waals surface area contributed by atoms with Gasteiger partial charge in [0.2, 0.25) is 0 Å². The van der Waals surface area contributed by atoms with Crippen molar-refractivity contribution in [1.29, 1.82) is 0 Å². The third-order valence-electron chi connectivity index (χ3n) is 3.24. The van der Waals surface area contributed by atoms with Gasteiger partial charge in [-0.05, 0) is 19.4 Å². The first-order chi connectivity index (χ1) is 9.15. The largest absolute Gasteiger partial charge is 0.387 e. The van der Waals surface area contributed by atoms with Gasteiger partial charge in [0.1, 0.15) is 0 Å². The maximum Gasteiger partial charge on any atom is 0.257 e. The van der Waals surface area contributed by atoms with Gasteiger partial charge in [0.05, 0.1) is 12.2 Å². The summed E-state index contributed by atoms with van der Waals surface area (Å²) in [6.45, 7) is 5.23. The summed E-state index contributed by atoms with van der Waals surface area (Å²) in [5.74, 6) is -0.0103. The molecular weight excluding hydrogens is 242 g/mol. The minimum absolute atomic E-state index is 0.0103. The van der Waals surface area contributed by atoms with Gasteiger partial charge < -0.3 is 15.0 Å². The Bertz CT molecular complexity index is 409. The van der Waals surface area contributed by atoms with Crippen LogP contribution in [0.3, 0.4) is 0 Å². The van der Waals surface area contributed by atoms with E-state index in [1.165, 1.54) is 0 Å². The number of anilines is 1. The van der Waals surface area contributed by atoms with Crippen molar-refractivity contribution in [3.63, 3.8) is 0 Å². The zero-order chi connectivity index (χ0) is 14.3. The van der Waals surface area contributed by atoms with Crippen LogP contribution in [0.15, 0.2) is 18.5 Å². The standard InChI is InChI=1S/C14H23N3O2/c1-5-11(2)17(8-9-19-4)14(18)12-10-16-7-6-13(12)15-3/h6-7,10-11H,5,8-9H2,1-4H3,(H,15,16). The fourth-order valence-electron chi connectivity index (χ4n) is 1.87. The molecule has 0 aliphatic heterocycles. The van der Waals surface area contributed by atoms with Crippen LogP contribution in [0.4, 0.5) is 5.69 Å². The minimum atomic E-state index is -0.0103. The van der Waals surface area contributed by atoms with Crippen molar-refractivity contribution in [2.75, 3.05) is 32.6 Å². The van der Waals surface area contributed by atoms with E-state index >= 15 is 0 Å². The smallest absolute Gasteiger partial charge is 0.257 e. The highest BCUT2D eigenvalue weighted by Crippen LogP contribution is 2.17. The van der Waals surface area contributed by atoms with Gasteiger partial charge in [-0.2, -0.15) is 0 Å². The van der Waals surface area contributed by atoms with Crippen LogP contribution in [-0.4, -0.2) is 49.1 Å². The van der Waals surface area contributed by atoms with Crippen molar-refractivity contribution in [3.8, 4) is 0 Å². The van der Waals surface area contributed by atoms with Crippen LogP contribution in [0.5, 0.6) is 0 Å². The van der Waals surface area contributed by atoms with Crippen molar-refractivity contribution in [2.45, 2.75) is 26.3 Å². The normalized spacial score (nSPS) is 12.0. The highest BCUT2D eigenvalue weighted by molar-refractivity contribution is 5.99. The van der Waals surface area contributed by atoms with Crippen LogP contribution < -0.4 is 5.32 Å². The molecule has 0 fully saturated rings. The van der Waals surface area contributed by atoms with E-state index in [-0.39, 0.29) is 11.9 Å². The fraction of sp³-hybridized carbons (Fsp3) is 0.571. The van der Waals surface area contributed by atoms with Gasteiger partial charge in [-0.3, -0.25) is 9.78 Å². The van der Waals surface area contributed by atoms with E-state index in [0.29, 0.717) is 18.7 Å². The van der Waals surface area contributed by atoms with Gasteiger partial charge in [0.25, 0.3) is 5.91 Å². The van der Waals surface area contributed by atoms with Crippen LogP contribution in [0.2, 0.25) is 0 Å². The van der Waals surface area contributed by atoms with E-state index in [1.807, 2.05) is 11.8 Å². The lowest BCUT2D eigenvalue weighted by Crippen LogP contribution is -2.40. The quantitative estimate of drug-likeness (QED) is 0.819. The van der Waals surface area contributed by atoms with E-state index < -0.39 is 0 Å². The molecule has 1 heterocycles. The lowest BCUT2D eigenvalue weighted by atomic mass is 10.1. The molecule has 1 aromatic rings. The highest BCUT2D eigenvalue weighted by Gasteiger charge is 2.22. The Morgan fingerprint density at radius 3 is 2.89 bits per heavy atom. The Hall–Kier alpha value is -1.62. The summed E-state index contributed by atoms with van der Waals surface area (Å²) in [6.07, 6.45) is 4.19. The zero-order valence-corrected chi connectivity index (χ0v) is 12.1. The first-order valence-electron chi connectivity index (χ1n) is 6.57. The molecular formula is C14H23N3O2. The molecule has 1 unspecified atom stereocenters. The molecule has 1 amide bonds. The number of rotatable bonds is 7. The Kier molecular flexibility index (Phi) is 6.29. The molecule has 0 spiro atoms.